The van der Waals surface area contributed by atoms with E-state index in [0.29, 0.717) is 37.9 Å². The van der Waals surface area contributed by atoms with Crippen LogP contribution >= 0.6 is 0 Å². The zero-order valence-electron chi connectivity index (χ0n) is 16.2. The molecule has 0 bridgehead atoms. The fourth-order valence-electron chi connectivity index (χ4n) is 4.62. The third-order valence-corrected chi connectivity index (χ3v) is 5.97. The highest BCUT2D eigenvalue weighted by molar-refractivity contribution is 5.89. The Bertz CT molecular complexity index is 889. The summed E-state index contributed by atoms with van der Waals surface area (Å²) in [6, 6.07) is 3.49. The number of carbonyl (C=O) groups excluding carboxylic acids is 1. The van der Waals surface area contributed by atoms with E-state index in [4.69, 9.17) is 0 Å². The molecule has 4 rings (SSSR count). The molecule has 7 heteroatoms. The molecule has 1 aromatic heterocycles. The van der Waals surface area contributed by atoms with Gasteiger partial charge in [-0.15, -0.1) is 0 Å². The number of nitrogens with zero attached hydrogens (tertiary/aromatic N) is 4. The molecule has 0 radical (unpaired) electrons. The van der Waals surface area contributed by atoms with Gasteiger partial charge >= 0.3 is 0 Å². The number of amides is 1. The van der Waals surface area contributed by atoms with Crippen molar-refractivity contribution < 1.29 is 13.6 Å². The summed E-state index contributed by atoms with van der Waals surface area (Å²) in [6.07, 6.45) is 5.19. The largest absolute Gasteiger partial charge is 0.362 e. The van der Waals surface area contributed by atoms with Crippen molar-refractivity contribution >= 4 is 11.7 Å². The molecule has 1 aromatic carbocycles. The Balaban J connectivity index is 1.70. The second-order valence-electron chi connectivity index (χ2n) is 7.94. The predicted octanol–water partition coefficient (Wildman–Crippen LogP) is 3.22. The Labute approximate surface area is 163 Å². The van der Waals surface area contributed by atoms with E-state index in [1.807, 2.05) is 23.9 Å². The SMILES string of the molecule is CN(C)c1ncnc2c1CN(C(=O)C1(c3cc(F)cc(F)c3)CCCC1)CC2. The monoisotopic (exact) mass is 386 g/mol. The molecule has 5 nitrogen and oxygen atoms in total. The molecule has 1 aliphatic heterocycles. The van der Waals surface area contributed by atoms with Crippen LogP contribution in [0.4, 0.5) is 14.6 Å². The van der Waals surface area contributed by atoms with Gasteiger partial charge in [-0.2, -0.15) is 0 Å². The third-order valence-electron chi connectivity index (χ3n) is 5.97. The Hall–Kier alpha value is -2.57. The molecule has 148 valence electrons. The van der Waals surface area contributed by atoms with Crippen LogP contribution in [0.25, 0.3) is 0 Å². The van der Waals surface area contributed by atoms with Crippen molar-refractivity contribution in [1.29, 1.82) is 0 Å². The summed E-state index contributed by atoms with van der Waals surface area (Å²) in [7, 11) is 3.83. The van der Waals surface area contributed by atoms with E-state index >= 15 is 0 Å². The molecule has 2 heterocycles. The van der Waals surface area contributed by atoms with Crippen LogP contribution in [0.3, 0.4) is 0 Å². The van der Waals surface area contributed by atoms with Gasteiger partial charge in [0, 0.05) is 38.7 Å². The van der Waals surface area contributed by atoms with Gasteiger partial charge in [0.25, 0.3) is 0 Å². The maximum atomic E-state index is 13.9. The second-order valence-corrected chi connectivity index (χ2v) is 7.94. The number of carbonyl (C=O) groups is 1. The highest BCUT2D eigenvalue weighted by Crippen LogP contribution is 2.44. The van der Waals surface area contributed by atoms with Gasteiger partial charge in [0.1, 0.15) is 23.8 Å². The fraction of sp³-hybridized carbons (Fsp3) is 0.476. The second kappa shape index (κ2) is 7.11. The number of rotatable bonds is 3. The lowest BCUT2D eigenvalue weighted by Gasteiger charge is -2.37. The molecular formula is C21H24F2N4O. The minimum atomic E-state index is -0.853. The van der Waals surface area contributed by atoms with Crippen LogP contribution in [0.15, 0.2) is 24.5 Å². The normalized spacial score (nSPS) is 18.1. The molecule has 2 aromatic rings. The Morgan fingerprint density at radius 1 is 1.11 bits per heavy atom. The molecule has 1 fully saturated rings. The minimum absolute atomic E-state index is 0.0470. The van der Waals surface area contributed by atoms with Crippen LogP contribution in [0.5, 0.6) is 0 Å². The quantitative estimate of drug-likeness (QED) is 0.813. The lowest BCUT2D eigenvalue weighted by molar-refractivity contribution is -0.138. The first-order valence-corrected chi connectivity index (χ1v) is 9.67. The van der Waals surface area contributed by atoms with Gasteiger partial charge in [-0.05, 0) is 30.5 Å². The van der Waals surface area contributed by atoms with Crippen LogP contribution in [-0.2, 0) is 23.2 Å². The number of benzene rings is 1. The molecule has 0 N–H and O–H groups in total. The van der Waals surface area contributed by atoms with E-state index in [2.05, 4.69) is 9.97 Å². The van der Waals surface area contributed by atoms with Gasteiger partial charge in [0.2, 0.25) is 5.91 Å². The standard InChI is InChI=1S/C21H24F2N4O/c1-26(2)19-17-12-27(8-5-18(17)24-13-25-19)20(28)21(6-3-4-7-21)14-9-15(22)11-16(23)10-14/h9-11,13H,3-8,12H2,1-2H3. The summed E-state index contributed by atoms with van der Waals surface area (Å²) in [5.41, 5.74) is 1.51. The van der Waals surface area contributed by atoms with Crippen LogP contribution in [-0.4, -0.2) is 41.4 Å². The average Bonchev–Trinajstić information content (AvgIpc) is 3.16. The number of hydrogen-bond acceptors (Lipinski definition) is 4. The van der Waals surface area contributed by atoms with Crippen molar-refractivity contribution in [3.63, 3.8) is 0 Å². The van der Waals surface area contributed by atoms with Gasteiger partial charge < -0.3 is 9.80 Å². The van der Waals surface area contributed by atoms with E-state index in [9.17, 15) is 13.6 Å². The first kappa shape index (κ1) is 18.8. The van der Waals surface area contributed by atoms with E-state index in [0.717, 1.165) is 36.0 Å². The predicted molar refractivity (Wildman–Crippen MR) is 102 cm³/mol. The van der Waals surface area contributed by atoms with E-state index in [1.54, 1.807) is 6.33 Å². The number of hydrogen-bond donors (Lipinski definition) is 0. The molecule has 0 spiro atoms. The van der Waals surface area contributed by atoms with Crippen LogP contribution in [0.2, 0.25) is 0 Å². The van der Waals surface area contributed by atoms with Crippen molar-refractivity contribution in [2.45, 2.75) is 44.1 Å². The zero-order valence-corrected chi connectivity index (χ0v) is 16.2. The molecular weight excluding hydrogens is 362 g/mol. The van der Waals surface area contributed by atoms with Crippen LogP contribution in [0, 0.1) is 11.6 Å². The molecule has 2 aliphatic rings. The Morgan fingerprint density at radius 2 is 1.79 bits per heavy atom. The summed E-state index contributed by atoms with van der Waals surface area (Å²) < 4.78 is 27.8. The molecule has 1 aliphatic carbocycles. The highest BCUT2D eigenvalue weighted by Gasteiger charge is 2.46. The van der Waals surface area contributed by atoms with Crippen LogP contribution in [0.1, 0.15) is 42.5 Å². The van der Waals surface area contributed by atoms with Crippen molar-refractivity contribution in [3.05, 3.63) is 53.0 Å². The van der Waals surface area contributed by atoms with Gasteiger partial charge in [-0.1, -0.05) is 12.8 Å². The molecule has 1 amide bonds. The van der Waals surface area contributed by atoms with Gasteiger partial charge in [0.05, 0.1) is 17.7 Å². The van der Waals surface area contributed by atoms with E-state index < -0.39 is 17.0 Å². The summed E-state index contributed by atoms with van der Waals surface area (Å²) in [4.78, 5) is 26.1. The van der Waals surface area contributed by atoms with E-state index in [-0.39, 0.29) is 5.91 Å². The first-order valence-electron chi connectivity index (χ1n) is 9.67. The van der Waals surface area contributed by atoms with Crippen molar-refractivity contribution in [2.75, 3.05) is 25.5 Å². The number of fused-ring (bicyclic) bond motifs is 1. The lowest BCUT2D eigenvalue weighted by atomic mass is 9.77. The van der Waals surface area contributed by atoms with E-state index in [1.165, 1.54) is 12.1 Å². The highest BCUT2D eigenvalue weighted by atomic mass is 19.1. The smallest absolute Gasteiger partial charge is 0.233 e. The molecule has 0 unspecified atom stereocenters. The van der Waals surface area contributed by atoms with Gasteiger partial charge in [0.15, 0.2) is 0 Å². The molecule has 0 atom stereocenters. The summed E-state index contributed by atoms with van der Waals surface area (Å²) in [6.45, 7) is 0.970. The number of halogens is 2. The maximum Gasteiger partial charge on any atom is 0.233 e. The Morgan fingerprint density at radius 3 is 2.43 bits per heavy atom. The summed E-state index contributed by atoms with van der Waals surface area (Å²) in [5, 5.41) is 0. The van der Waals surface area contributed by atoms with Gasteiger partial charge in [-0.25, -0.2) is 18.7 Å². The lowest BCUT2D eigenvalue weighted by Crippen LogP contribution is -2.47. The third kappa shape index (κ3) is 3.12. The first-order chi connectivity index (χ1) is 13.4. The zero-order chi connectivity index (χ0) is 19.9. The minimum Gasteiger partial charge on any atom is -0.362 e. The summed E-state index contributed by atoms with van der Waals surface area (Å²) in [5.74, 6) is -0.517. The molecule has 0 saturated heterocycles. The maximum absolute atomic E-state index is 13.9. The fourth-order valence-corrected chi connectivity index (χ4v) is 4.62. The van der Waals surface area contributed by atoms with Crippen LogP contribution < -0.4 is 4.90 Å². The summed E-state index contributed by atoms with van der Waals surface area (Å²) >= 11 is 0. The number of aromatic nitrogens is 2. The average molecular weight is 386 g/mol. The van der Waals surface area contributed by atoms with Crippen molar-refractivity contribution in [2.24, 2.45) is 0 Å². The number of anilines is 1. The van der Waals surface area contributed by atoms with Crippen molar-refractivity contribution in [1.82, 2.24) is 14.9 Å². The molecule has 1 saturated carbocycles. The topological polar surface area (TPSA) is 49.3 Å². The Kier molecular flexibility index (Phi) is 4.77. The van der Waals surface area contributed by atoms with Gasteiger partial charge in [-0.3, -0.25) is 4.79 Å². The van der Waals surface area contributed by atoms with Crippen molar-refractivity contribution in [3.8, 4) is 0 Å². The molecule has 28 heavy (non-hydrogen) atoms.